The molecule has 0 amide bonds. The van der Waals surface area contributed by atoms with Gasteiger partial charge in [0, 0.05) is 19.6 Å². The molecule has 0 saturated heterocycles. The summed E-state index contributed by atoms with van der Waals surface area (Å²) in [7, 11) is -4.28. The summed E-state index contributed by atoms with van der Waals surface area (Å²) in [6.45, 7) is 4.83. The summed E-state index contributed by atoms with van der Waals surface area (Å²) in [6.07, 6.45) is 40.1. The minimum absolute atomic E-state index is 0.0965. The molecule has 0 radical (unpaired) electrons. The van der Waals surface area contributed by atoms with Gasteiger partial charge in [-0.05, 0) is 64.2 Å². The lowest BCUT2D eigenvalue weighted by molar-refractivity contribution is -0.154. The van der Waals surface area contributed by atoms with Crippen molar-refractivity contribution in [1.29, 1.82) is 0 Å². The molecule has 0 spiro atoms. The SMILES string of the molecule is CCCC/C=C\C/C=C\CCCCCCCC(=O)OC(COCCCCCCCC/C=C\CCCCCCC)COP(=O)(O)OCCN. The Kier molecular flexibility index (Phi) is 36.0. The minimum Gasteiger partial charge on any atom is -0.457 e. The van der Waals surface area contributed by atoms with Crippen LogP contribution in [0.5, 0.6) is 0 Å². The van der Waals surface area contributed by atoms with E-state index in [4.69, 9.17) is 24.3 Å². The number of phosphoric ester groups is 1. The lowest BCUT2D eigenvalue weighted by Gasteiger charge is -2.20. The first-order chi connectivity index (χ1) is 23.4. The molecule has 0 bridgehead atoms. The molecule has 48 heavy (non-hydrogen) atoms. The second kappa shape index (κ2) is 37.0. The Hall–Kier alpha value is -1.28. The van der Waals surface area contributed by atoms with Crippen LogP contribution >= 0.6 is 7.82 Å². The number of nitrogens with two attached hydrogens (primary N) is 1. The Bertz CT molecular complexity index is 833. The van der Waals surface area contributed by atoms with Gasteiger partial charge in [-0.3, -0.25) is 13.8 Å². The van der Waals surface area contributed by atoms with Gasteiger partial charge in [0.1, 0.15) is 6.10 Å². The zero-order valence-electron chi connectivity index (χ0n) is 31.0. The van der Waals surface area contributed by atoms with Crippen LogP contribution in [-0.2, 0) is 27.9 Å². The third kappa shape index (κ3) is 36.0. The number of phosphoric acid groups is 1. The van der Waals surface area contributed by atoms with Gasteiger partial charge in [0.25, 0.3) is 0 Å². The minimum atomic E-state index is -4.28. The van der Waals surface area contributed by atoms with Crippen LogP contribution in [0.1, 0.15) is 168 Å². The number of esters is 1. The standard InChI is InChI=1S/C39H74NO7P/c1-3-5-7-9-11-13-15-17-19-21-23-25-27-29-31-34-44-36-38(37-46-48(42,43)45-35-33-40)47-39(41)32-30-28-26-24-22-20-18-16-14-12-10-8-6-4-2/h10,12,15-18,38H,3-9,11,13-14,19-37,40H2,1-2H3,(H,42,43)/b12-10-,17-15-,18-16-. The Morgan fingerprint density at radius 1 is 0.625 bits per heavy atom. The summed E-state index contributed by atoms with van der Waals surface area (Å²) in [5, 5.41) is 0. The zero-order valence-corrected chi connectivity index (χ0v) is 31.9. The van der Waals surface area contributed by atoms with Crippen molar-refractivity contribution in [2.45, 2.75) is 174 Å². The Labute approximate surface area is 295 Å². The average Bonchev–Trinajstić information content (AvgIpc) is 3.07. The van der Waals surface area contributed by atoms with Gasteiger partial charge in [0.2, 0.25) is 0 Å². The molecule has 0 aromatic carbocycles. The maximum Gasteiger partial charge on any atom is 0.472 e. The quantitative estimate of drug-likeness (QED) is 0.0285. The average molecular weight is 700 g/mol. The highest BCUT2D eigenvalue weighted by Gasteiger charge is 2.25. The Morgan fingerprint density at radius 2 is 1.12 bits per heavy atom. The summed E-state index contributed by atoms with van der Waals surface area (Å²) in [5.74, 6) is -0.348. The van der Waals surface area contributed by atoms with Gasteiger partial charge in [-0.25, -0.2) is 4.57 Å². The monoisotopic (exact) mass is 700 g/mol. The first kappa shape index (κ1) is 46.7. The van der Waals surface area contributed by atoms with Crippen LogP contribution in [0.2, 0.25) is 0 Å². The van der Waals surface area contributed by atoms with Crippen LogP contribution in [0.25, 0.3) is 0 Å². The van der Waals surface area contributed by atoms with Crippen molar-refractivity contribution >= 4 is 13.8 Å². The summed E-state index contributed by atoms with van der Waals surface area (Å²) in [6, 6.07) is 0. The number of hydrogen-bond donors (Lipinski definition) is 2. The van der Waals surface area contributed by atoms with Crippen LogP contribution in [0, 0.1) is 0 Å². The van der Waals surface area contributed by atoms with Crippen molar-refractivity contribution in [3.63, 3.8) is 0 Å². The van der Waals surface area contributed by atoms with E-state index >= 15 is 0 Å². The fourth-order valence-electron chi connectivity index (χ4n) is 5.12. The van der Waals surface area contributed by atoms with Crippen LogP contribution in [0.4, 0.5) is 0 Å². The molecule has 282 valence electrons. The van der Waals surface area contributed by atoms with Gasteiger partial charge >= 0.3 is 13.8 Å². The molecule has 0 fully saturated rings. The lowest BCUT2D eigenvalue weighted by atomic mass is 10.1. The highest BCUT2D eigenvalue weighted by Crippen LogP contribution is 2.43. The van der Waals surface area contributed by atoms with E-state index in [0.29, 0.717) is 13.0 Å². The van der Waals surface area contributed by atoms with Crippen LogP contribution in [0.3, 0.4) is 0 Å². The van der Waals surface area contributed by atoms with Gasteiger partial charge in [0.05, 0.1) is 19.8 Å². The van der Waals surface area contributed by atoms with E-state index in [1.807, 2.05) is 0 Å². The molecule has 3 N–H and O–H groups in total. The smallest absolute Gasteiger partial charge is 0.457 e. The third-order valence-electron chi connectivity index (χ3n) is 8.03. The van der Waals surface area contributed by atoms with E-state index in [0.717, 1.165) is 57.8 Å². The molecule has 0 aliphatic heterocycles. The molecule has 0 aromatic rings. The Morgan fingerprint density at radius 3 is 1.71 bits per heavy atom. The van der Waals surface area contributed by atoms with Crippen molar-refractivity contribution in [2.75, 3.05) is 33.0 Å². The molecular formula is C39H74NO7P. The Balaban J connectivity index is 4.12. The van der Waals surface area contributed by atoms with Crippen molar-refractivity contribution in [2.24, 2.45) is 5.73 Å². The van der Waals surface area contributed by atoms with E-state index in [9.17, 15) is 14.3 Å². The second-order valence-electron chi connectivity index (χ2n) is 12.8. The summed E-state index contributed by atoms with van der Waals surface area (Å²) >= 11 is 0. The molecule has 0 heterocycles. The molecule has 8 nitrogen and oxygen atoms in total. The van der Waals surface area contributed by atoms with E-state index in [1.165, 1.54) is 89.9 Å². The topological polar surface area (TPSA) is 117 Å². The van der Waals surface area contributed by atoms with Gasteiger partial charge < -0.3 is 20.1 Å². The summed E-state index contributed by atoms with van der Waals surface area (Å²) in [4.78, 5) is 22.4. The van der Waals surface area contributed by atoms with Gasteiger partial charge in [-0.15, -0.1) is 0 Å². The molecule has 0 rings (SSSR count). The molecule has 0 aliphatic carbocycles. The maximum atomic E-state index is 12.5. The first-order valence-corrected chi connectivity index (χ1v) is 21.0. The van der Waals surface area contributed by atoms with Crippen molar-refractivity contribution in [3.8, 4) is 0 Å². The normalized spacial score (nSPS) is 14.0. The predicted octanol–water partition coefficient (Wildman–Crippen LogP) is 11.1. The molecular weight excluding hydrogens is 625 g/mol. The molecule has 2 unspecified atom stereocenters. The number of carbonyl (C=O) groups excluding carboxylic acids is 1. The van der Waals surface area contributed by atoms with Crippen molar-refractivity contribution in [1.82, 2.24) is 0 Å². The number of allylic oxidation sites excluding steroid dienone is 6. The van der Waals surface area contributed by atoms with Crippen molar-refractivity contribution < 1.29 is 32.8 Å². The molecule has 2 atom stereocenters. The summed E-state index contributed by atoms with van der Waals surface area (Å²) < 4.78 is 33.3. The molecule has 0 saturated carbocycles. The fraction of sp³-hybridized carbons (Fsp3) is 0.821. The molecule has 0 aromatic heterocycles. The van der Waals surface area contributed by atoms with Gasteiger partial charge in [-0.1, -0.05) is 134 Å². The number of hydrogen-bond acceptors (Lipinski definition) is 7. The van der Waals surface area contributed by atoms with E-state index in [1.54, 1.807) is 0 Å². The number of ether oxygens (including phenoxy) is 2. The van der Waals surface area contributed by atoms with E-state index in [-0.39, 0.29) is 32.3 Å². The van der Waals surface area contributed by atoms with Gasteiger partial charge in [-0.2, -0.15) is 0 Å². The first-order valence-electron chi connectivity index (χ1n) is 19.5. The maximum absolute atomic E-state index is 12.5. The summed E-state index contributed by atoms with van der Waals surface area (Å²) in [5.41, 5.74) is 5.35. The number of rotatable bonds is 37. The highest BCUT2D eigenvalue weighted by atomic mass is 31.2. The molecule has 9 heteroatoms. The fourth-order valence-corrected chi connectivity index (χ4v) is 5.89. The van der Waals surface area contributed by atoms with E-state index < -0.39 is 13.9 Å². The largest absolute Gasteiger partial charge is 0.472 e. The number of unbranched alkanes of at least 4 members (excludes halogenated alkanes) is 18. The van der Waals surface area contributed by atoms with Crippen molar-refractivity contribution in [3.05, 3.63) is 36.5 Å². The van der Waals surface area contributed by atoms with Crippen LogP contribution < -0.4 is 5.73 Å². The number of carbonyl (C=O) groups is 1. The molecule has 0 aliphatic rings. The third-order valence-corrected chi connectivity index (χ3v) is 9.01. The highest BCUT2D eigenvalue weighted by molar-refractivity contribution is 7.47. The lowest BCUT2D eigenvalue weighted by Crippen LogP contribution is -2.28. The van der Waals surface area contributed by atoms with Gasteiger partial charge in [0.15, 0.2) is 0 Å². The van der Waals surface area contributed by atoms with Crippen LogP contribution in [0.15, 0.2) is 36.5 Å². The van der Waals surface area contributed by atoms with E-state index in [2.05, 4.69) is 50.3 Å². The zero-order chi connectivity index (χ0) is 35.2. The second-order valence-corrected chi connectivity index (χ2v) is 14.2. The predicted molar refractivity (Wildman–Crippen MR) is 201 cm³/mol. The van der Waals surface area contributed by atoms with Crippen LogP contribution in [-0.4, -0.2) is 49.9 Å².